The minimum atomic E-state index is -1.24. The monoisotopic (exact) mass is 297 g/mol. The predicted molar refractivity (Wildman–Crippen MR) is 80.5 cm³/mol. The van der Waals surface area contributed by atoms with Crippen molar-refractivity contribution in [1.29, 1.82) is 0 Å². The van der Waals surface area contributed by atoms with Gasteiger partial charge in [0.25, 0.3) is 0 Å². The van der Waals surface area contributed by atoms with Crippen molar-refractivity contribution in [3.63, 3.8) is 0 Å². The van der Waals surface area contributed by atoms with Gasteiger partial charge in [-0.15, -0.1) is 0 Å². The van der Waals surface area contributed by atoms with E-state index in [1.165, 1.54) is 12.8 Å². The van der Waals surface area contributed by atoms with E-state index in [1.807, 2.05) is 10.8 Å². The van der Waals surface area contributed by atoms with Crippen LogP contribution in [0.2, 0.25) is 0 Å². The van der Waals surface area contributed by atoms with Crippen molar-refractivity contribution in [1.82, 2.24) is 14.9 Å². The van der Waals surface area contributed by atoms with Crippen molar-refractivity contribution in [2.24, 2.45) is 5.41 Å². The highest BCUT2D eigenvalue weighted by Crippen LogP contribution is 2.19. The summed E-state index contributed by atoms with van der Waals surface area (Å²) in [4.78, 5) is 16.1. The van der Waals surface area contributed by atoms with Gasteiger partial charge in [-0.25, -0.2) is 4.98 Å². The number of nitrogens with one attached hydrogen (secondary N) is 1. The van der Waals surface area contributed by atoms with Crippen LogP contribution in [0.3, 0.4) is 0 Å². The number of unbranched alkanes of at least 4 members (excludes halogenated alkanes) is 2. The Balaban J connectivity index is 2.43. The summed E-state index contributed by atoms with van der Waals surface area (Å²) in [7, 11) is 0. The SMILES string of the molecule is CCCCCn1cnc(CNC(=O)[C@H](O)C(C)(C)CO)c1. The molecule has 6 heteroatoms. The fourth-order valence-electron chi connectivity index (χ4n) is 1.88. The molecule has 21 heavy (non-hydrogen) atoms. The van der Waals surface area contributed by atoms with E-state index >= 15 is 0 Å². The zero-order valence-corrected chi connectivity index (χ0v) is 13.2. The summed E-state index contributed by atoms with van der Waals surface area (Å²) < 4.78 is 2.01. The fourth-order valence-corrected chi connectivity index (χ4v) is 1.88. The molecule has 0 spiro atoms. The molecule has 1 heterocycles. The maximum atomic E-state index is 11.8. The molecule has 0 radical (unpaired) electrons. The average Bonchev–Trinajstić information content (AvgIpc) is 2.92. The Bertz CT molecular complexity index is 443. The van der Waals surface area contributed by atoms with E-state index < -0.39 is 17.4 Å². The zero-order chi connectivity index (χ0) is 15.9. The molecule has 0 fully saturated rings. The van der Waals surface area contributed by atoms with Crippen molar-refractivity contribution in [2.45, 2.75) is 59.2 Å². The van der Waals surface area contributed by atoms with E-state index in [2.05, 4.69) is 17.2 Å². The third-order valence-corrected chi connectivity index (χ3v) is 3.55. The first-order valence-electron chi connectivity index (χ1n) is 7.48. The molecular weight excluding hydrogens is 270 g/mol. The second-order valence-electron chi connectivity index (χ2n) is 6.08. The third-order valence-electron chi connectivity index (χ3n) is 3.55. The molecular formula is C15H27N3O3. The lowest BCUT2D eigenvalue weighted by molar-refractivity contribution is -0.137. The smallest absolute Gasteiger partial charge is 0.249 e. The maximum absolute atomic E-state index is 11.8. The molecule has 0 bridgehead atoms. The molecule has 1 rings (SSSR count). The van der Waals surface area contributed by atoms with Crippen LogP contribution < -0.4 is 5.32 Å². The minimum Gasteiger partial charge on any atom is -0.396 e. The van der Waals surface area contributed by atoms with Crippen LogP contribution in [-0.2, 0) is 17.9 Å². The van der Waals surface area contributed by atoms with Crippen molar-refractivity contribution >= 4 is 5.91 Å². The topological polar surface area (TPSA) is 87.4 Å². The van der Waals surface area contributed by atoms with E-state index in [9.17, 15) is 9.90 Å². The van der Waals surface area contributed by atoms with Crippen LogP contribution in [0.15, 0.2) is 12.5 Å². The third kappa shape index (κ3) is 5.47. The molecule has 1 aromatic rings. The maximum Gasteiger partial charge on any atom is 0.249 e. The first-order valence-corrected chi connectivity index (χ1v) is 7.48. The summed E-state index contributed by atoms with van der Waals surface area (Å²) in [6.45, 7) is 6.38. The molecule has 0 saturated carbocycles. The van der Waals surface area contributed by atoms with Crippen molar-refractivity contribution in [3.8, 4) is 0 Å². The van der Waals surface area contributed by atoms with E-state index in [0.29, 0.717) is 0 Å². The number of aliphatic hydroxyl groups excluding tert-OH is 2. The Morgan fingerprint density at radius 2 is 2.19 bits per heavy atom. The number of hydrogen-bond donors (Lipinski definition) is 3. The lowest BCUT2D eigenvalue weighted by atomic mass is 9.87. The van der Waals surface area contributed by atoms with Crippen molar-refractivity contribution in [3.05, 3.63) is 18.2 Å². The number of hydrogen-bond acceptors (Lipinski definition) is 4. The van der Waals surface area contributed by atoms with Gasteiger partial charge in [-0.2, -0.15) is 0 Å². The average molecular weight is 297 g/mol. The van der Waals surface area contributed by atoms with E-state index in [1.54, 1.807) is 20.2 Å². The molecule has 3 N–H and O–H groups in total. The number of aromatic nitrogens is 2. The van der Waals surface area contributed by atoms with Crippen LogP contribution >= 0.6 is 0 Å². The normalized spacial score (nSPS) is 13.2. The standard InChI is InChI=1S/C15H27N3O3/c1-4-5-6-7-18-9-12(17-11-18)8-16-14(21)13(20)15(2,3)10-19/h9,11,13,19-20H,4-8,10H2,1-3H3,(H,16,21)/t13-/m0/s1. The van der Waals surface area contributed by atoms with Gasteiger partial charge in [0.05, 0.1) is 25.2 Å². The van der Waals surface area contributed by atoms with Crippen LogP contribution in [0.4, 0.5) is 0 Å². The van der Waals surface area contributed by atoms with Crippen molar-refractivity contribution < 1.29 is 15.0 Å². The Morgan fingerprint density at radius 3 is 2.81 bits per heavy atom. The van der Waals surface area contributed by atoms with Crippen LogP contribution in [-0.4, -0.2) is 38.4 Å². The quantitative estimate of drug-likeness (QED) is 0.595. The first kappa shape index (κ1) is 17.7. The van der Waals surface area contributed by atoms with Gasteiger partial charge in [-0.1, -0.05) is 33.6 Å². The Labute approximate surface area is 126 Å². The van der Waals surface area contributed by atoms with E-state index in [-0.39, 0.29) is 13.2 Å². The van der Waals surface area contributed by atoms with Crippen LogP contribution in [0.5, 0.6) is 0 Å². The number of amides is 1. The fraction of sp³-hybridized carbons (Fsp3) is 0.733. The number of imidazole rings is 1. The number of aryl methyl sites for hydroxylation is 1. The Morgan fingerprint density at radius 1 is 1.48 bits per heavy atom. The largest absolute Gasteiger partial charge is 0.396 e. The van der Waals surface area contributed by atoms with E-state index in [0.717, 1.165) is 18.7 Å². The predicted octanol–water partition coefficient (Wildman–Crippen LogP) is 1.07. The number of carbonyl (C=O) groups excluding carboxylic acids is 1. The highest BCUT2D eigenvalue weighted by Gasteiger charge is 2.32. The number of nitrogens with zero attached hydrogens (tertiary/aromatic N) is 2. The summed E-state index contributed by atoms with van der Waals surface area (Å²) in [5, 5.41) is 21.7. The second-order valence-corrected chi connectivity index (χ2v) is 6.08. The molecule has 0 aromatic carbocycles. The van der Waals surface area contributed by atoms with Gasteiger partial charge >= 0.3 is 0 Å². The summed E-state index contributed by atoms with van der Waals surface area (Å²) in [5.41, 5.74) is -0.0993. The molecule has 0 saturated heterocycles. The molecule has 0 aliphatic heterocycles. The molecule has 1 atom stereocenters. The molecule has 120 valence electrons. The highest BCUT2D eigenvalue weighted by molar-refractivity contribution is 5.81. The summed E-state index contributed by atoms with van der Waals surface area (Å²) >= 11 is 0. The van der Waals surface area contributed by atoms with Gasteiger partial charge in [-0.3, -0.25) is 4.79 Å². The Kier molecular flexibility index (Phi) is 6.84. The first-order chi connectivity index (χ1) is 9.90. The summed E-state index contributed by atoms with van der Waals surface area (Å²) in [5.74, 6) is -0.491. The van der Waals surface area contributed by atoms with Gasteiger partial charge in [0.15, 0.2) is 0 Å². The molecule has 0 aliphatic carbocycles. The lowest BCUT2D eigenvalue weighted by Crippen LogP contribution is -2.45. The van der Waals surface area contributed by atoms with Gasteiger partial charge in [0, 0.05) is 18.2 Å². The molecule has 0 aliphatic rings. The van der Waals surface area contributed by atoms with Gasteiger partial charge < -0.3 is 20.1 Å². The number of rotatable bonds is 9. The molecule has 0 unspecified atom stereocenters. The minimum absolute atomic E-state index is 0.256. The Hall–Kier alpha value is -1.40. The van der Waals surface area contributed by atoms with Crippen LogP contribution in [0.25, 0.3) is 0 Å². The highest BCUT2D eigenvalue weighted by atomic mass is 16.3. The number of carbonyl (C=O) groups is 1. The molecule has 1 amide bonds. The van der Waals surface area contributed by atoms with Crippen LogP contribution in [0.1, 0.15) is 45.7 Å². The summed E-state index contributed by atoms with van der Waals surface area (Å²) in [6.07, 6.45) is 5.89. The molecule has 1 aromatic heterocycles. The van der Waals surface area contributed by atoms with Crippen LogP contribution in [0, 0.1) is 5.41 Å². The number of aliphatic hydroxyl groups is 2. The van der Waals surface area contributed by atoms with Gasteiger partial charge in [0.1, 0.15) is 6.10 Å². The zero-order valence-electron chi connectivity index (χ0n) is 13.2. The second kappa shape index (κ2) is 8.14. The lowest BCUT2D eigenvalue weighted by Gasteiger charge is -2.26. The summed E-state index contributed by atoms with van der Waals surface area (Å²) in [6, 6.07) is 0. The van der Waals surface area contributed by atoms with Crippen molar-refractivity contribution in [2.75, 3.05) is 6.61 Å². The van der Waals surface area contributed by atoms with Gasteiger partial charge in [0.2, 0.25) is 5.91 Å². The van der Waals surface area contributed by atoms with Gasteiger partial charge in [-0.05, 0) is 6.42 Å². The molecule has 6 nitrogen and oxygen atoms in total. The van der Waals surface area contributed by atoms with E-state index in [4.69, 9.17) is 5.11 Å².